The standard InChI is InChI=1S/C18H13NO/c1-2-7-13-12-8-5-6-11-16(12)19-17(13)14-9-3-4-10-15(14)18(19)20/h2-6,8-11H,1,7H2. The average molecular weight is 259 g/mol. The summed E-state index contributed by atoms with van der Waals surface area (Å²) in [7, 11) is 0. The molecule has 1 aliphatic heterocycles. The highest BCUT2D eigenvalue weighted by Crippen LogP contribution is 2.41. The second kappa shape index (κ2) is 3.94. The lowest BCUT2D eigenvalue weighted by molar-refractivity contribution is 0.0973. The quantitative estimate of drug-likeness (QED) is 0.498. The molecule has 4 rings (SSSR count). The number of para-hydroxylation sites is 1. The van der Waals surface area contributed by atoms with Crippen LogP contribution >= 0.6 is 0 Å². The van der Waals surface area contributed by atoms with E-state index in [4.69, 9.17) is 0 Å². The molecule has 2 aromatic carbocycles. The van der Waals surface area contributed by atoms with Crippen LogP contribution in [0.2, 0.25) is 0 Å². The Bertz CT molecular complexity index is 870. The lowest BCUT2D eigenvalue weighted by atomic mass is 10.0. The first-order valence-corrected chi connectivity index (χ1v) is 6.70. The number of hydrogen-bond donors (Lipinski definition) is 0. The number of allylic oxidation sites excluding steroid dienone is 1. The molecule has 1 aromatic heterocycles. The van der Waals surface area contributed by atoms with E-state index in [1.54, 1.807) is 0 Å². The summed E-state index contributed by atoms with van der Waals surface area (Å²) in [5.41, 5.74) is 5.03. The number of carbonyl (C=O) groups excluding carboxylic acids is 1. The van der Waals surface area contributed by atoms with Gasteiger partial charge in [0.25, 0.3) is 5.91 Å². The van der Waals surface area contributed by atoms with Gasteiger partial charge in [-0.15, -0.1) is 6.58 Å². The van der Waals surface area contributed by atoms with Gasteiger partial charge in [-0.05, 0) is 24.1 Å². The minimum atomic E-state index is 0.0714. The van der Waals surface area contributed by atoms with Crippen LogP contribution in [0.5, 0.6) is 0 Å². The highest BCUT2D eigenvalue weighted by Gasteiger charge is 2.31. The van der Waals surface area contributed by atoms with Crippen LogP contribution in [-0.2, 0) is 6.42 Å². The van der Waals surface area contributed by atoms with E-state index in [-0.39, 0.29) is 5.91 Å². The van der Waals surface area contributed by atoms with Gasteiger partial charge in [0.1, 0.15) is 0 Å². The van der Waals surface area contributed by atoms with Gasteiger partial charge in [0.15, 0.2) is 0 Å². The molecule has 1 aliphatic rings. The number of rotatable bonds is 2. The molecular formula is C18H13NO. The van der Waals surface area contributed by atoms with Gasteiger partial charge in [0, 0.05) is 16.5 Å². The van der Waals surface area contributed by atoms with Crippen LogP contribution in [0, 0.1) is 0 Å². The minimum Gasteiger partial charge on any atom is -0.275 e. The van der Waals surface area contributed by atoms with Gasteiger partial charge >= 0.3 is 0 Å². The topological polar surface area (TPSA) is 22.0 Å². The molecule has 0 fully saturated rings. The summed E-state index contributed by atoms with van der Waals surface area (Å²) in [6.07, 6.45) is 2.67. The summed E-state index contributed by atoms with van der Waals surface area (Å²) in [5, 5.41) is 1.14. The largest absolute Gasteiger partial charge is 0.275 e. The van der Waals surface area contributed by atoms with E-state index < -0.39 is 0 Å². The predicted molar refractivity (Wildman–Crippen MR) is 81.0 cm³/mol. The van der Waals surface area contributed by atoms with Gasteiger partial charge in [-0.3, -0.25) is 9.36 Å². The number of aromatic nitrogens is 1. The second-order valence-corrected chi connectivity index (χ2v) is 5.02. The van der Waals surface area contributed by atoms with Crippen molar-refractivity contribution in [3.05, 3.63) is 72.3 Å². The average Bonchev–Trinajstić information content (AvgIpc) is 2.96. The molecule has 0 saturated carbocycles. The van der Waals surface area contributed by atoms with Crippen LogP contribution in [0.1, 0.15) is 15.9 Å². The van der Waals surface area contributed by atoms with Crippen molar-refractivity contribution in [2.24, 2.45) is 0 Å². The zero-order chi connectivity index (χ0) is 13.7. The Balaban J connectivity index is 2.19. The molecule has 0 unspecified atom stereocenters. The Kier molecular flexibility index (Phi) is 2.21. The molecule has 0 radical (unpaired) electrons. The van der Waals surface area contributed by atoms with Gasteiger partial charge < -0.3 is 0 Å². The first-order valence-electron chi connectivity index (χ1n) is 6.70. The summed E-state index contributed by atoms with van der Waals surface area (Å²) in [5.74, 6) is 0.0714. The first-order chi connectivity index (χ1) is 9.83. The van der Waals surface area contributed by atoms with Crippen molar-refractivity contribution >= 4 is 16.8 Å². The third-order valence-corrected chi connectivity index (χ3v) is 3.94. The molecule has 96 valence electrons. The highest BCUT2D eigenvalue weighted by molar-refractivity contribution is 6.15. The molecule has 2 heteroatoms. The van der Waals surface area contributed by atoms with E-state index in [1.807, 2.05) is 53.1 Å². The molecule has 2 nitrogen and oxygen atoms in total. The van der Waals surface area contributed by atoms with Crippen LogP contribution in [0.4, 0.5) is 0 Å². The van der Waals surface area contributed by atoms with Gasteiger partial charge in [0.05, 0.1) is 11.2 Å². The van der Waals surface area contributed by atoms with Crippen molar-refractivity contribution in [1.29, 1.82) is 0 Å². The Morgan fingerprint density at radius 2 is 1.70 bits per heavy atom. The van der Waals surface area contributed by atoms with Gasteiger partial charge in [-0.1, -0.05) is 42.5 Å². The Morgan fingerprint density at radius 1 is 1.00 bits per heavy atom. The molecule has 20 heavy (non-hydrogen) atoms. The minimum absolute atomic E-state index is 0.0714. The zero-order valence-electron chi connectivity index (χ0n) is 11.0. The number of benzene rings is 2. The van der Waals surface area contributed by atoms with E-state index in [0.717, 1.165) is 34.1 Å². The smallest absolute Gasteiger partial charge is 0.263 e. The monoisotopic (exact) mass is 259 g/mol. The van der Waals surface area contributed by atoms with Crippen molar-refractivity contribution in [2.45, 2.75) is 6.42 Å². The molecule has 0 atom stereocenters. The maximum Gasteiger partial charge on any atom is 0.263 e. The SMILES string of the molecule is C=CCc1c2n(c3ccccc13)C(=O)c1ccccc1-2. The van der Waals surface area contributed by atoms with Crippen LogP contribution in [-0.4, -0.2) is 10.5 Å². The van der Waals surface area contributed by atoms with E-state index in [0.29, 0.717) is 0 Å². The van der Waals surface area contributed by atoms with Gasteiger partial charge in [-0.2, -0.15) is 0 Å². The Hall–Kier alpha value is -2.61. The second-order valence-electron chi connectivity index (χ2n) is 5.02. The fraction of sp³-hybridized carbons (Fsp3) is 0.0556. The van der Waals surface area contributed by atoms with Gasteiger partial charge in [-0.25, -0.2) is 0 Å². The lowest BCUT2D eigenvalue weighted by Gasteiger charge is -2.01. The van der Waals surface area contributed by atoms with Crippen LogP contribution in [0.25, 0.3) is 22.2 Å². The summed E-state index contributed by atoms with van der Waals surface area (Å²) < 4.78 is 1.85. The summed E-state index contributed by atoms with van der Waals surface area (Å²) in [4.78, 5) is 12.7. The van der Waals surface area contributed by atoms with Crippen molar-refractivity contribution in [1.82, 2.24) is 4.57 Å². The molecule has 0 N–H and O–H groups in total. The fourth-order valence-corrected chi connectivity index (χ4v) is 3.15. The molecule has 0 bridgehead atoms. The lowest BCUT2D eigenvalue weighted by Crippen LogP contribution is -2.05. The summed E-state index contributed by atoms with van der Waals surface area (Å²) >= 11 is 0. The Labute approximate surface area is 117 Å². The number of fused-ring (bicyclic) bond motifs is 5. The molecule has 0 saturated heterocycles. The van der Waals surface area contributed by atoms with E-state index in [9.17, 15) is 4.79 Å². The third kappa shape index (κ3) is 1.26. The van der Waals surface area contributed by atoms with Crippen molar-refractivity contribution in [3.8, 4) is 11.3 Å². The van der Waals surface area contributed by atoms with Crippen molar-refractivity contribution < 1.29 is 4.79 Å². The summed E-state index contributed by atoms with van der Waals surface area (Å²) in [6, 6.07) is 15.9. The van der Waals surface area contributed by atoms with E-state index >= 15 is 0 Å². The summed E-state index contributed by atoms with van der Waals surface area (Å²) in [6.45, 7) is 3.85. The zero-order valence-corrected chi connectivity index (χ0v) is 11.0. The predicted octanol–water partition coefficient (Wildman–Crippen LogP) is 4.04. The van der Waals surface area contributed by atoms with E-state index in [2.05, 4.69) is 12.6 Å². The van der Waals surface area contributed by atoms with Crippen molar-refractivity contribution in [3.63, 3.8) is 0 Å². The Morgan fingerprint density at radius 3 is 2.50 bits per heavy atom. The molecule has 0 aliphatic carbocycles. The van der Waals surface area contributed by atoms with Crippen LogP contribution in [0.15, 0.2) is 61.2 Å². The number of nitrogens with zero attached hydrogens (tertiary/aromatic N) is 1. The molecule has 3 aromatic rings. The molecular weight excluding hydrogens is 246 g/mol. The third-order valence-electron chi connectivity index (χ3n) is 3.94. The first kappa shape index (κ1) is 11.2. The number of hydrogen-bond acceptors (Lipinski definition) is 1. The number of carbonyl (C=O) groups is 1. The van der Waals surface area contributed by atoms with Gasteiger partial charge in [0.2, 0.25) is 0 Å². The normalized spacial score (nSPS) is 12.5. The maximum atomic E-state index is 12.7. The molecule has 2 heterocycles. The van der Waals surface area contributed by atoms with Crippen LogP contribution < -0.4 is 0 Å². The highest BCUT2D eigenvalue weighted by atomic mass is 16.2. The molecule has 0 spiro atoms. The van der Waals surface area contributed by atoms with Crippen LogP contribution in [0.3, 0.4) is 0 Å². The van der Waals surface area contributed by atoms with E-state index in [1.165, 1.54) is 5.56 Å². The maximum absolute atomic E-state index is 12.7. The van der Waals surface area contributed by atoms with Crippen molar-refractivity contribution in [2.75, 3.05) is 0 Å². The molecule has 0 amide bonds. The fourth-order valence-electron chi connectivity index (χ4n) is 3.15.